The van der Waals surface area contributed by atoms with E-state index in [1.165, 1.54) is 6.42 Å². The van der Waals surface area contributed by atoms with Crippen LogP contribution in [0.1, 0.15) is 66.1 Å². The summed E-state index contributed by atoms with van der Waals surface area (Å²) in [6, 6.07) is 0. The van der Waals surface area contributed by atoms with E-state index in [1.54, 1.807) is 12.7 Å². The molecule has 2 rings (SSSR count). The van der Waals surface area contributed by atoms with Crippen LogP contribution >= 0.6 is 0 Å². The maximum atomic E-state index is 4.52. The Hall–Kier alpha value is -1.07. The quantitative estimate of drug-likeness (QED) is 0.848. The van der Waals surface area contributed by atoms with E-state index in [9.17, 15) is 0 Å². The fourth-order valence-electron chi connectivity index (χ4n) is 3.72. The highest BCUT2D eigenvalue weighted by Crippen LogP contribution is 2.47. The van der Waals surface area contributed by atoms with Crippen molar-refractivity contribution in [2.24, 2.45) is 0 Å². The molecule has 0 amide bonds. The van der Waals surface area contributed by atoms with Gasteiger partial charge in [0.2, 0.25) is 0 Å². The molecule has 1 atom stereocenters. The lowest BCUT2D eigenvalue weighted by molar-refractivity contribution is -0.0807. The molecule has 1 aliphatic rings. The molecule has 5 nitrogen and oxygen atoms in total. The van der Waals surface area contributed by atoms with Crippen LogP contribution in [-0.4, -0.2) is 44.5 Å². The van der Waals surface area contributed by atoms with Crippen molar-refractivity contribution in [1.82, 2.24) is 25.2 Å². The molecule has 22 heavy (non-hydrogen) atoms. The van der Waals surface area contributed by atoms with Crippen LogP contribution in [-0.2, 0) is 5.54 Å². The van der Waals surface area contributed by atoms with Crippen LogP contribution in [0.25, 0.3) is 0 Å². The van der Waals surface area contributed by atoms with E-state index in [2.05, 4.69) is 66.8 Å². The minimum absolute atomic E-state index is 0.0934. The molecule has 0 bridgehead atoms. The smallest absolute Gasteiger partial charge is 0.153 e. The maximum Gasteiger partial charge on any atom is 0.153 e. The Kier molecular flexibility index (Phi) is 4.87. The van der Waals surface area contributed by atoms with Crippen molar-refractivity contribution in [1.29, 1.82) is 0 Å². The van der Waals surface area contributed by atoms with E-state index in [4.69, 9.17) is 0 Å². The Morgan fingerprint density at radius 1 is 1.14 bits per heavy atom. The van der Waals surface area contributed by atoms with Gasteiger partial charge in [-0.3, -0.25) is 4.90 Å². The number of piperidine rings is 1. The Morgan fingerprint density at radius 2 is 1.77 bits per heavy atom. The molecule has 0 saturated carbocycles. The molecular formula is C17H31N5. The van der Waals surface area contributed by atoms with Gasteiger partial charge < -0.3 is 5.32 Å². The zero-order valence-electron chi connectivity index (χ0n) is 15.0. The lowest BCUT2D eigenvalue weighted by Crippen LogP contribution is -2.72. The molecule has 0 aromatic carbocycles. The normalized spacial score (nSPS) is 27.7. The number of hydrogen-bond donors (Lipinski definition) is 1. The first kappa shape index (κ1) is 17.3. The summed E-state index contributed by atoms with van der Waals surface area (Å²) in [4.78, 5) is 15.5. The Bertz CT molecular complexity index is 485. The number of likely N-dealkylation sites (N-methyl/N-ethyl adjacent to an activating group) is 1. The van der Waals surface area contributed by atoms with E-state index >= 15 is 0 Å². The Morgan fingerprint density at radius 3 is 2.36 bits per heavy atom. The minimum Gasteiger partial charge on any atom is -0.303 e. The van der Waals surface area contributed by atoms with Crippen molar-refractivity contribution < 1.29 is 0 Å². The van der Waals surface area contributed by atoms with Gasteiger partial charge in [-0.15, -0.1) is 0 Å². The average Bonchev–Trinajstić information content (AvgIpc) is 2.49. The van der Waals surface area contributed by atoms with Crippen molar-refractivity contribution in [2.75, 3.05) is 13.6 Å². The number of likely N-dealkylation sites (tertiary alicyclic amines) is 1. The molecule has 0 aliphatic carbocycles. The third-order valence-electron chi connectivity index (χ3n) is 5.73. The number of nitrogens with one attached hydrogen (secondary N) is 1. The first-order chi connectivity index (χ1) is 10.3. The highest BCUT2D eigenvalue weighted by Gasteiger charge is 2.56. The second-order valence-electron chi connectivity index (χ2n) is 7.58. The van der Waals surface area contributed by atoms with Gasteiger partial charge in [0.05, 0.1) is 5.54 Å². The molecule has 1 aromatic rings. The fourth-order valence-corrected chi connectivity index (χ4v) is 3.72. The highest BCUT2D eigenvalue weighted by molar-refractivity contribution is 5.20. The molecule has 0 spiro atoms. The van der Waals surface area contributed by atoms with Gasteiger partial charge in [-0.25, -0.2) is 15.0 Å². The Balaban J connectivity index is 2.45. The van der Waals surface area contributed by atoms with Crippen molar-refractivity contribution in [2.45, 2.75) is 76.9 Å². The monoisotopic (exact) mass is 305 g/mol. The van der Waals surface area contributed by atoms with Gasteiger partial charge in [0, 0.05) is 11.1 Å². The summed E-state index contributed by atoms with van der Waals surface area (Å²) in [6.07, 6.45) is 7.71. The molecule has 1 saturated heterocycles. The van der Waals surface area contributed by atoms with E-state index in [0.717, 1.165) is 31.6 Å². The summed E-state index contributed by atoms with van der Waals surface area (Å²) >= 11 is 0. The van der Waals surface area contributed by atoms with E-state index in [0.29, 0.717) is 0 Å². The number of nitrogens with zero attached hydrogens (tertiary/aromatic N) is 4. The number of aromatic nitrogens is 3. The molecule has 1 fully saturated rings. The first-order valence-corrected chi connectivity index (χ1v) is 8.39. The first-order valence-electron chi connectivity index (χ1n) is 8.39. The number of rotatable bonds is 5. The summed E-state index contributed by atoms with van der Waals surface area (Å²) in [6.45, 7) is 12.4. The van der Waals surface area contributed by atoms with E-state index in [1.807, 2.05) is 0 Å². The molecule has 1 aromatic heterocycles. The Labute approximate surface area is 135 Å². The summed E-state index contributed by atoms with van der Waals surface area (Å²) in [5, 5.41) is 3.82. The molecule has 1 unspecified atom stereocenters. The van der Waals surface area contributed by atoms with Crippen LogP contribution in [0.15, 0.2) is 12.7 Å². The van der Waals surface area contributed by atoms with E-state index < -0.39 is 0 Å². The summed E-state index contributed by atoms with van der Waals surface area (Å²) in [5.41, 5.74) is -0.161. The number of unbranched alkanes of at least 4 members (excludes halogenated alkanes) is 1. The molecular weight excluding hydrogens is 274 g/mol. The van der Waals surface area contributed by atoms with Crippen LogP contribution in [0.5, 0.6) is 0 Å². The molecule has 1 aliphatic heterocycles. The summed E-state index contributed by atoms with van der Waals surface area (Å²) < 4.78 is 0. The van der Waals surface area contributed by atoms with Crippen LogP contribution in [0.3, 0.4) is 0 Å². The number of hydrogen-bond acceptors (Lipinski definition) is 5. The van der Waals surface area contributed by atoms with Crippen LogP contribution in [0, 0.1) is 0 Å². The molecule has 2 heterocycles. The second-order valence-corrected chi connectivity index (χ2v) is 7.58. The predicted octanol–water partition coefficient (Wildman–Crippen LogP) is 2.74. The van der Waals surface area contributed by atoms with Crippen LogP contribution < -0.4 is 5.32 Å². The maximum absolute atomic E-state index is 4.52. The average molecular weight is 305 g/mol. The zero-order chi connectivity index (χ0) is 16.4. The van der Waals surface area contributed by atoms with E-state index in [-0.39, 0.29) is 16.6 Å². The molecule has 1 N–H and O–H groups in total. The third kappa shape index (κ3) is 2.76. The van der Waals surface area contributed by atoms with Gasteiger partial charge in [-0.1, -0.05) is 13.3 Å². The highest BCUT2D eigenvalue weighted by atomic mass is 15.3. The van der Waals surface area contributed by atoms with Gasteiger partial charge in [0.15, 0.2) is 5.82 Å². The molecule has 0 radical (unpaired) electrons. The van der Waals surface area contributed by atoms with Crippen molar-refractivity contribution >= 4 is 0 Å². The minimum atomic E-state index is -0.241. The van der Waals surface area contributed by atoms with Crippen molar-refractivity contribution in [3.05, 3.63) is 18.5 Å². The lowest BCUT2D eigenvalue weighted by Gasteiger charge is -2.60. The summed E-state index contributed by atoms with van der Waals surface area (Å²) in [5.74, 6) is 0.867. The third-order valence-corrected chi connectivity index (χ3v) is 5.73. The second kappa shape index (κ2) is 6.20. The zero-order valence-corrected chi connectivity index (χ0v) is 15.0. The van der Waals surface area contributed by atoms with Crippen LogP contribution in [0.4, 0.5) is 0 Å². The van der Waals surface area contributed by atoms with Gasteiger partial charge in [0.25, 0.3) is 0 Å². The van der Waals surface area contributed by atoms with Crippen molar-refractivity contribution in [3.63, 3.8) is 0 Å². The van der Waals surface area contributed by atoms with Gasteiger partial charge >= 0.3 is 0 Å². The predicted molar refractivity (Wildman–Crippen MR) is 89.6 cm³/mol. The van der Waals surface area contributed by atoms with Gasteiger partial charge in [-0.2, -0.15) is 0 Å². The van der Waals surface area contributed by atoms with Gasteiger partial charge in [0.1, 0.15) is 12.7 Å². The SMILES string of the molecule is CCCCNC1(c2ncncn2)CCC(C)(C)N(C)C1(C)C. The lowest BCUT2D eigenvalue weighted by atomic mass is 9.66. The van der Waals surface area contributed by atoms with Crippen molar-refractivity contribution in [3.8, 4) is 0 Å². The molecule has 5 heteroatoms. The van der Waals surface area contributed by atoms with Gasteiger partial charge in [-0.05, 0) is 60.5 Å². The summed E-state index contributed by atoms with van der Waals surface area (Å²) in [7, 11) is 2.22. The largest absolute Gasteiger partial charge is 0.303 e. The fraction of sp³-hybridized carbons (Fsp3) is 0.824. The topological polar surface area (TPSA) is 53.9 Å². The molecule has 124 valence electrons. The standard InChI is InChI=1S/C17H31N5/c1-7-8-11-21-17(14-19-12-18-13-20-14)10-9-15(2,3)22(6)16(17,4)5/h12-13,21H,7-11H2,1-6H3. The van der Waals surface area contributed by atoms with Crippen LogP contribution in [0.2, 0.25) is 0 Å².